The molecule has 1 saturated heterocycles. The van der Waals surface area contributed by atoms with Gasteiger partial charge in [0.1, 0.15) is 5.82 Å². The summed E-state index contributed by atoms with van der Waals surface area (Å²) in [5.74, 6) is 1.26. The molecule has 0 aliphatic carbocycles. The molecule has 1 atom stereocenters. The van der Waals surface area contributed by atoms with Crippen molar-refractivity contribution in [2.45, 2.75) is 23.2 Å². The van der Waals surface area contributed by atoms with Crippen LogP contribution in [0.2, 0.25) is 0 Å². The number of rotatable bonds is 4. The predicted molar refractivity (Wildman–Crippen MR) is 76.6 cm³/mol. The Balaban J connectivity index is 2.33. The third-order valence-corrected chi connectivity index (χ3v) is 6.60. The van der Waals surface area contributed by atoms with Crippen molar-refractivity contribution in [1.82, 2.24) is 4.31 Å². The first-order valence-corrected chi connectivity index (χ1v) is 9.00. The first-order chi connectivity index (χ1) is 8.96. The first kappa shape index (κ1) is 15.1. The molecule has 0 saturated carbocycles. The molecule has 2 rings (SSSR count). The summed E-state index contributed by atoms with van der Waals surface area (Å²) in [4.78, 5) is 0.101. The molecule has 1 heterocycles. The Morgan fingerprint density at radius 2 is 2.26 bits per heavy atom. The topological polar surface area (TPSA) is 37.4 Å². The molecule has 0 aromatic heterocycles. The van der Waals surface area contributed by atoms with Crippen LogP contribution in [-0.2, 0) is 15.9 Å². The van der Waals surface area contributed by atoms with Crippen LogP contribution in [0.3, 0.4) is 0 Å². The van der Waals surface area contributed by atoms with E-state index >= 15 is 0 Å². The molecule has 1 aromatic rings. The highest BCUT2D eigenvalue weighted by atomic mass is 35.5. The summed E-state index contributed by atoms with van der Waals surface area (Å²) in [6, 6.07) is 3.77. The van der Waals surface area contributed by atoms with Gasteiger partial charge >= 0.3 is 0 Å². The Hall–Kier alpha value is -0.300. The van der Waals surface area contributed by atoms with Gasteiger partial charge in [-0.15, -0.1) is 11.6 Å². The number of hydrogen-bond acceptors (Lipinski definition) is 3. The molecule has 1 aliphatic heterocycles. The van der Waals surface area contributed by atoms with Gasteiger partial charge in [0, 0.05) is 24.4 Å². The fourth-order valence-electron chi connectivity index (χ4n) is 1.99. The van der Waals surface area contributed by atoms with Crippen molar-refractivity contribution in [1.29, 1.82) is 0 Å². The van der Waals surface area contributed by atoms with E-state index in [9.17, 15) is 12.8 Å². The molecular weight excluding hydrogens is 309 g/mol. The molecule has 1 unspecified atom stereocenters. The third kappa shape index (κ3) is 3.07. The van der Waals surface area contributed by atoms with Crippen molar-refractivity contribution in [3.8, 4) is 0 Å². The average molecular weight is 324 g/mol. The summed E-state index contributed by atoms with van der Waals surface area (Å²) < 4.78 is 39.7. The second-order valence-corrected chi connectivity index (χ2v) is 7.84. The fourth-order valence-corrected chi connectivity index (χ4v) is 4.99. The molecule has 106 valence electrons. The Bertz CT molecular complexity index is 559. The van der Waals surface area contributed by atoms with Crippen molar-refractivity contribution >= 4 is 33.4 Å². The number of benzene rings is 1. The maximum absolute atomic E-state index is 13.4. The molecule has 0 bridgehead atoms. The van der Waals surface area contributed by atoms with Crippen molar-refractivity contribution in [3.63, 3.8) is 0 Å². The van der Waals surface area contributed by atoms with Crippen LogP contribution in [-0.4, -0.2) is 37.3 Å². The standard InChI is InChI=1S/C12H15ClFNO2S2/c1-15(10-4-5-18-8-10)19(16,17)11-2-3-12(14)9(6-11)7-13/h2-3,6,10H,4-5,7-8H2,1H3. The van der Waals surface area contributed by atoms with Gasteiger partial charge in [0.25, 0.3) is 0 Å². The predicted octanol–water partition coefficient (Wildman–Crippen LogP) is 2.69. The van der Waals surface area contributed by atoms with E-state index in [2.05, 4.69) is 0 Å². The molecular formula is C12H15ClFNO2S2. The summed E-state index contributed by atoms with van der Waals surface area (Å²) in [6.07, 6.45) is 0.851. The van der Waals surface area contributed by atoms with Gasteiger partial charge in [-0.05, 0) is 30.4 Å². The monoisotopic (exact) mass is 323 g/mol. The van der Waals surface area contributed by atoms with Crippen molar-refractivity contribution < 1.29 is 12.8 Å². The summed E-state index contributed by atoms with van der Waals surface area (Å²) in [7, 11) is -2.00. The van der Waals surface area contributed by atoms with Crippen LogP contribution in [0.15, 0.2) is 23.1 Å². The highest BCUT2D eigenvalue weighted by Crippen LogP contribution is 2.27. The largest absolute Gasteiger partial charge is 0.243 e. The first-order valence-electron chi connectivity index (χ1n) is 5.87. The van der Waals surface area contributed by atoms with E-state index in [1.54, 1.807) is 18.8 Å². The Kier molecular flexibility index (Phi) is 4.76. The molecule has 1 fully saturated rings. The van der Waals surface area contributed by atoms with Crippen LogP contribution in [0.25, 0.3) is 0 Å². The van der Waals surface area contributed by atoms with Gasteiger partial charge in [0.15, 0.2) is 0 Å². The van der Waals surface area contributed by atoms with Crippen LogP contribution in [0.5, 0.6) is 0 Å². The van der Waals surface area contributed by atoms with Gasteiger partial charge in [-0.25, -0.2) is 12.8 Å². The van der Waals surface area contributed by atoms with Gasteiger partial charge in [0.05, 0.1) is 10.8 Å². The van der Waals surface area contributed by atoms with Gasteiger partial charge in [-0.3, -0.25) is 0 Å². The number of hydrogen-bond donors (Lipinski definition) is 0. The second-order valence-electron chi connectivity index (χ2n) is 4.43. The molecule has 0 spiro atoms. The molecule has 3 nitrogen and oxygen atoms in total. The number of nitrogens with zero attached hydrogens (tertiary/aromatic N) is 1. The van der Waals surface area contributed by atoms with Crippen LogP contribution in [0.1, 0.15) is 12.0 Å². The minimum absolute atomic E-state index is 0.0134. The van der Waals surface area contributed by atoms with E-state index in [0.717, 1.165) is 24.0 Å². The van der Waals surface area contributed by atoms with Gasteiger partial charge in [-0.2, -0.15) is 16.1 Å². The number of sulfonamides is 1. The minimum Gasteiger partial charge on any atom is -0.207 e. The summed E-state index contributed by atoms with van der Waals surface area (Å²) in [5, 5.41) is 0. The average Bonchev–Trinajstić information content (AvgIpc) is 2.91. The molecule has 0 amide bonds. The lowest BCUT2D eigenvalue weighted by molar-refractivity contribution is 0.394. The molecule has 19 heavy (non-hydrogen) atoms. The Morgan fingerprint density at radius 1 is 1.53 bits per heavy atom. The highest BCUT2D eigenvalue weighted by molar-refractivity contribution is 7.99. The van der Waals surface area contributed by atoms with Crippen molar-refractivity contribution in [2.75, 3.05) is 18.6 Å². The molecule has 1 aliphatic rings. The van der Waals surface area contributed by atoms with E-state index in [0.29, 0.717) is 0 Å². The summed E-state index contributed by atoms with van der Waals surface area (Å²) in [6.45, 7) is 0. The second kappa shape index (κ2) is 5.99. The van der Waals surface area contributed by atoms with Crippen LogP contribution >= 0.6 is 23.4 Å². The van der Waals surface area contributed by atoms with E-state index in [4.69, 9.17) is 11.6 Å². The van der Waals surface area contributed by atoms with E-state index in [-0.39, 0.29) is 22.4 Å². The number of halogens is 2. The van der Waals surface area contributed by atoms with E-state index in [1.807, 2.05) is 0 Å². The molecule has 7 heteroatoms. The highest BCUT2D eigenvalue weighted by Gasteiger charge is 2.30. The van der Waals surface area contributed by atoms with Crippen LogP contribution in [0.4, 0.5) is 4.39 Å². The quantitative estimate of drug-likeness (QED) is 0.800. The third-order valence-electron chi connectivity index (χ3n) is 3.26. The summed E-state index contributed by atoms with van der Waals surface area (Å²) >= 11 is 7.35. The lowest BCUT2D eigenvalue weighted by Crippen LogP contribution is -2.37. The summed E-state index contributed by atoms with van der Waals surface area (Å²) in [5.41, 5.74) is 0.205. The maximum Gasteiger partial charge on any atom is 0.243 e. The van der Waals surface area contributed by atoms with Gasteiger partial charge < -0.3 is 0 Å². The van der Waals surface area contributed by atoms with Crippen LogP contribution in [0, 0.1) is 5.82 Å². The Labute approximate surface area is 122 Å². The zero-order valence-corrected chi connectivity index (χ0v) is 12.9. The van der Waals surface area contributed by atoms with Gasteiger partial charge in [0.2, 0.25) is 10.0 Å². The van der Waals surface area contributed by atoms with Crippen molar-refractivity contribution in [2.24, 2.45) is 0 Å². The SMILES string of the molecule is CN(C1CCSC1)S(=O)(=O)c1ccc(F)c(CCl)c1. The Morgan fingerprint density at radius 3 is 2.84 bits per heavy atom. The van der Waals surface area contributed by atoms with Gasteiger partial charge in [-0.1, -0.05) is 0 Å². The van der Waals surface area contributed by atoms with E-state index in [1.165, 1.54) is 16.4 Å². The lowest BCUT2D eigenvalue weighted by atomic mass is 10.2. The lowest BCUT2D eigenvalue weighted by Gasteiger charge is -2.23. The maximum atomic E-state index is 13.4. The fraction of sp³-hybridized carbons (Fsp3) is 0.500. The van der Waals surface area contributed by atoms with Crippen molar-refractivity contribution in [3.05, 3.63) is 29.6 Å². The van der Waals surface area contributed by atoms with E-state index < -0.39 is 15.8 Å². The minimum atomic E-state index is -3.58. The normalized spacial score (nSPS) is 20.1. The zero-order chi connectivity index (χ0) is 14.0. The zero-order valence-electron chi connectivity index (χ0n) is 10.5. The number of alkyl halides is 1. The smallest absolute Gasteiger partial charge is 0.207 e. The molecule has 1 aromatic carbocycles. The number of thioether (sulfide) groups is 1. The molecule has 0 N–H and O–H groups in total. The van der Waals surface area contributed by atoms with Crippen LogP contribution < -0.4 is 0 Å². The molecule has 0 radical (unpaired) electrons.